The Morgan fingerprint density at radius 1 is 1.50 bits per heavy atom. The Morgan fingerprint density at radius 2 is 2.15 bits per heavy atom. The third-order valence-corrected chi connectivity index (χ3v) is 2.89. The van der Waals surface area contributed by atoms with Gasteiger partial charge < -0.3 is 15.5 Å². The van der Waals surface area contributed by atoms with E-state index in [-0.39, 0.29) is 23.5 Å². The molecule has 0 amide bonds. The minimum Gasteiger partial charge on any atom is -0.478 e. The molecule has 7 nitrogen and oxygen atoms in total. The lowest BCUT2D eigenvalue weighted by atomic mass is 10.0. The van der Waals surface area contributed by atoms with Crippen LogP contribution in [0.25, 0.3) is 0 Å². The summed E-state index contributed by atoms with van der Waals surface area (Å²) in [6, 6.07) is 3.56. The summed E-state index contributed by atoms with van der Waals surface area (Å²) in [4.78, 5) is 21.1. The molecule has 0 spiro atoms. The number of hydrogen-bond acceptors (Lipinski definition) is 5. The maximum absolute atomic E-state index is 11.1. The molecule has 1 aromatic carbocycles. The minimum absolute atomic E-state index is 0.166. The van der Waals surface area contributed by atoms with Crippen LogP contribution in [0, 0.1) is 10.1 Å². The van der Waals surface area contributed by atoms with Crippen LogP contribution in [0.3, 0.4) is 0 Å². The van der Waals surface area contributed by atoms with Gasteiger partial charge in [0.05, 0.1) is 16.1 Å². The van der Waals surface area contributed by atoms with E-state index < -0.39 is 16.5 Å². The predicted molar refractivity (Wildman–Crippen MR) is 74.1 cm³/mol. The van der Waals surface area contributed by atoms with Crippen molar-refractivity contribution in [1.29, 1.82) is 0 Å². The molecule has 110 valence electrons. The smallest absolute Gasteiger partial charge is 0.338 e. The molecule has 0 radical (unpaired) electrons. The summed E-state index contributed by atoms with van der Waals surface area (Å²) in [5, 5.41) is 32.6. The van der Waals surface area contributed by atoms with Crippen LogP contribution in [0.15, 0.2) is 18.2 Å². The average molecular weight is 282 g/mol. The number of nitro groups is 1. The zero-order valence-corrected chi connectivity index (χ0v) is 11.4. The molecule has 0 saturated heterocycles. The average Bonchev–Trinajstić information content (AvgIpc) is 2.36. The van der Waals surface area contributed by atoms with Crippen molar-refractivity contribution in [3.8, 4) is 0 Å². The molecule has 0 heterocycles. The summed E-state index contributed by atoms with van der Waals surface area (Å²) < 4.78 is 0. The quantitative estimate of drug-likeness (QED) is 0.522. The van der Waals surface area contributed by atoms with Gasteiger partial charge in [-0.2, -0.15) is 0 Å². The monoisotopic (exact) mass is 282 g/mol. The van der Waals surface area contributed by atoms with Gasteiger partial charge in [-0.1, -0.05) is 13.3 Å². The van der Waals surface area contributed by atoms with Crippen LogP contribution in [0.2, 0.25) is 0 Å². The Hall–Kier alpha value is -2.15. The molecular formula is C13H18N2O5. The molecule has 1 rings (SSSR count). The van der Waals surface area contributed by atoms with Gasteiger partial charge in [0.25, 0.3) is 5.69 Å². The number of nitro benzene ring substituents is 1. The van der Waals surface area contributed by atoms with E-state index in [1.807, 2.05) is 6.92 Å². The summed E-state index contributed by atoms with van der Waals surface area (Å²) in [6.07, 6.45) is 1.36. The lowest BCUT2D eigenvalue weighted by Crippen LogP contribution is -2.33. The van der Waals surface area contributed by atoms with Crippen LogP contribution < -0.4 is 5.32 Å². The Bertz CT molecular complexity index is 513. The van der Waals surface area contributed by atoms with E-state index in [9.17, 15) is 20.0 Å². The number of carboxylic acid groups (broad SMARTS) is 1. The number of aromatic carboxylic acids is 1. The van der Waals surface area contributed by atoms with E-state index in [0.717, 1.165) is 12.5 Å². The molecule has 0 aliphatic heterocycles. The van der Waals surface area contributed by atoms with E-state index in [1.165, 1.54) is 12.1 Å². The highest BCUT2D eigenvalue weighted by molar-refractivity contribution is 5.95. The Kier molecular flexibility index (Phi) is 5.04. The van der Waals surface area contributed by atoms with E-state index >= 15 is 0 Å². The molecule has 0 aromatic heterocycles. The van der Waals surface area contributed by atoms with Gasteiger partial charge in [-0.3, -0.25) is 10.1 Å². The molecule has 0 aliphatic carbocycles. The van der Waals surface area contributed by atoms with Gasteiger partial charge in [0, 0.05) is 24.4 Å². The number of nitrogens with zero attached hydrogens (tertiary/aromatic N) is 1. The fourth-order valence-corrected chi connectivity index (χ4v) is 1.89. The normalized spacial score (nSPS) is 13.6. The number of hydrogen-bond donors (Lipinski definition) is 3. The fraction of sp³-hybridized carbons (Fsp3) is 0.462. The lowest BCUT2D eigenvalue weighted by molar-refractivity contribution is -0.384. The van der Waals surface area contributed by atoms with Gasteiger partial charge in [0.15, 0.2) is 0 Å². The summed E-state index contributed by atoms with van der Waals surface area (Å²) >= 11 is 0. The Labute approximate surface area is 116 Å². The minimum atomic E-state index is -1.26. The maximum Gasteiger partial charge on any atom is 0.338 e. The predicted octanol–water partition coefficient (Wildman–Crippen LogP) is 2.26. The van der Waals surface area contributed by atoms with Crippen LogP contribution in [-0.4, -0.2) is 33.3 Å². The fourth-order valence-electron chi connectivity index (χ4n) is 1.89. The highest BCUT2D eigenvalue weighted by atomic mass is 16.6. The number of benzene rings is 1. The van der Waals surface area contributed by atoms with Crippen molar-refractivity contribution in [1.82, 2.24) is 0 Å². The van der Waals surface area contributed by atoms with Crippen LogP contribution in [0.5, 0.6) is 0 Å². The topological polar surface area (TPSA) is 113 Å². The van der Waals surface area contributed by atoms with Gasteiger partial charge in [0.2, 0.25) is 0 Å². The van der Waals surface area contributed by atoms with E-state index in [2.05, 4.69) is 5.32 Å². The zero-order chi connectivity index (χ0) is 15.3. The number of rotatable bonds is 7. The van der Waals surface area contributed by atoms with E-state index in [1.54, 1.807) is 6.92 Å². The second-order valence-corrected chi connectivity index (χ2v) is 4.89. The summed E-state index contributed by atoms with van der Waals surface area (Å²) in [7, 11) is 0. The second kappa shape index (κ2) is 6.33. The van der Waals surface area contributed by atoms with Crippen molar-refractivity contribution in [2.24, 2.45) is 0 Å². The van der Waals surface area contributed by atoms with Crippen molar-refractivity contribution < 1.29 is 19.9 Å². The van der Waals surface area contributed by atoms with Gasteiger partial charge >= 0.3 is 5.97 Å². The first-order valence-electron chi connectivity index (χ1n) is 6.25. The molecular weight excluding hydrogens is 264 g/mol. The first-order valence-corrected chi connectivity index (χ1v) is 6.25. The maximum atomic E-state index is 11.1. The van der Waals surface area contributed by atoms with Crippen molar-refractivity contribution in [3.63, 3.8) is 0 Å². The summed E-state index contributed by atoms with van der Waals surface area (Å²) in [5.74, 6) is -1.26. The molecule has 0 saturated carbocycles. The van der Waals surface area contributed by atoms with Crippen molar-refractivity contribution in [3.05, 3.63) is 33.9 Å². The molecule has 7 heteroatoms. The third-order valence-electron chi connectivity index (χ3n) is 2.89. The SMILES string of the molecule is CCCC(C)(O)CNc1ccc([N+](=O)[O-])cc1C(=O)O. The van der Waals surface area contributed by atoms with Crippen LogP contribution in [-0.2, 0) is 0 Å². The number of aliphatic hydroxyl groups is 1. The summed E-state index contributed by atoms with van der Waals surface area (Å²) in [5.41, 5.74) is -1.19. The highest BCUT2D eigenvalue weighted by Gasteiger charge is 2.21. The number of nitrogens with one attached hydrogen (secondary N) is 1. The van der Waals surface area contributed by atoms with E-state index in [0.29, 0.717) is 6.42 Å². The molecule has 3 N–H and O–H groups in total. The molecule has 0 aliphatic rings. The highest BCUT2D eigenvalue weighted by Crippen LogP contribution is 2.23. The molecule has 1 atom stereocenters. The Morgan fingerprint density at radius 3 is 2.65 bits per heavy atom. The zero-order valence-electron chi connectivity index (χ0n) is 11.4. The van der Waals surface area contributed by atoms with Crippen LogP contribution >= 0.6 is 0 Å². The molecule has 1 unspecified atom stereocenters. The van der Waals surface area contributed by atoms with Crippen molar-refractivity contribution >= 4 is 17.3 Å². The van der Waals surface area contributed by atoms with Crippen LogP contribution in [0.4, 0.5) is 11.4 Å². The number of carboxylic acids is 1. The second-order valence-electron chi connectivity index (χ2n) is 4.89. The number of non-ortho nitro benzene ring substituents is 1. The Balaban J connectivity index is 2.95. The third kappa shape index (κ3) is 4.20. The van der Waals surface area contributed by atoms with Crippen molar-refractivity contribution in [2.75, 3.05) is 11.9 Å². The molecule has 1 aromatic rings. The largest absolute Gasteiger partial charge is 0.478 e. The molecule has 0 fully saturated rings. The molecule has 20 heavy (non-hydrogen) atoms. The molecule has 0 bridgehead atoms. The first-order chi connectivity index (χ1) is 9.26. The standard InChI is InChI=1S/C13H18N2O5/c1-3-6-13(2,18)8-14-11-5-4-9(15(19)20)7-10(11)12(16)17/h4-5,7,14,18H,3,6,8H2,1-2H3,(H,16,17). The van der Waals surface area contributed by atoms with Crippen LogP contribution in [0.1, 0.15) is 37.0 Å². The summed E-state index contributed by atoms with van der Waals surface area (Å²) in [6.45, 7) is 3.75. The van der Waals surface area contributed by atoms with Gasteiger partial charge in [-0.05, 0) is 19.4 Å². The van der Waals surface area contributed by atoms with E-state index in [4.69, 9.17) is 5.11 Å². The number of anilines is 1. The van der Waals surface area contributed by atoms with Gasteiger partial charge in [0.1, 0.15) is 0 Å². The van der Waals surface area contributed by atoms with Gasteiger partial charge in [-0.15, -0.1) is 0 Å². The van der Waals surface area contributed by atoms with Gasteiger partial charge in [-0.25, -0.2) is 4.79 Å². The first kappa shape index (κ1) is 15.9. The van der Waals surface area contributed by atoms with Crippen molar-refractivity contribution in [2.45, 2.75) is 32.3 Å². The lowest BCUT2D eigenvalue weighted by Gasteiger charge is -2.24. The number of carbonyl (C=O) groups is 1.